The van der Waals surface area contributed by atoms with E-state index in [0.29, 0.717) is 54.8 Å². The number of halogens is 1. The first-order valence-electron chi connectivity index (χ1n) is 11.3. The second kappa shape index (κ2) is 9.79. The molecule has 0 N–H and O–H groups in total. The molecule has 1 amide bonds. The first-order chi connectivity index (χ1) is 17.1. The van der Waals surface area contributed by atoms with Crippen molar-refractivity contribution in [2.75, 3.05) is 45.3 Å². The zero-order chi connectivity index (χ0) is 24.4. The lowest BCUT2D eigenvalue weighted by Crippen LogP contribution is -2.49. The molecule has 10 heteroatoms. The van der Waals surface area contributed by atoms with Crippen molar-refractivity contribution in [2.24, 2.45) is 0 Å². The minimum atomic E-state index is 0.0819. The van der Waals surface area contributed by atoms with Crippen LogP contribution in [-0.2, 0) is 11.2 Å². The van der Waals surface area contributed by atoms with Gasteiger partial charge in [0.2, 0.25) is 5.91 Å². The van der Waals surface area contributed by atoms with E-state index in [1.165, 1.54) is 0 Å². The van der Waals surface area contributed by atoms with Gasteiger partial charge in [-0.05, 0) is 35.9 Å². The van der Waals surface area contributed by atoms with Crippen LogP contribution in [0.4, 0.5) is 5.82 Å². The van der Waals surface area contributed by atoms with Crippen LogP contribution in [0.3, 0.4) is 0 Å². The molecule has 5 rings (SSSR count). The van der Waals surface area contributed by atoms with Crippen molar-refractivity contribution in [2.45, 2.75) is 6.42 Å². The number of fused-ring (bicyclic) bond motifs is 1. The summed E-state index contributed by atoms with van der Waals surface area (Å²) < 4.78 is 12.4. The molecule has 0 aliphatic carbocycles. The van der Waals surface area contributed by atoms with Gasteiger partial charge >= 0.3 is 0 Å². The number of carbonyl (C=O) groups excluding carboxylic acids is 1. The molecule has 180 valence electrons. The SMILES string of the molecule is COc1ccc(CC(=O)N2CCN(c3ncnc4c3cnn4-c3cccc(Cl)c3)CC2)cc1OC. The Bertz CT molecular complexity index is 1370. The summed E-state index contributed by atoms with van der Waals surface area (Å²) in [4.78, 5) is 26.0. The third-order valence-corrected chi connectivity index (χ3v) is 6.37. The molecule has 1 fully saturated rings. The van der Waals surface area contributed by atoms with Gasteiger partial charge in [0.25, 0.3) is 0 Å². The van der Waals surface area contributed by atoms with Crippen LogP contribution in [0.15, 0.2) is 55.0 Å². The molecule has 0 saturated carbocycles. The number of rotatable bonds is 6. The van der Waals surface area contributed by atoms with E-state index in [-0.39, 0.29) is 5.91 Å². The number of hydrogen-bond donors (Lipinski definition) is 0. The van der Waals surface area contributed by atoms with Crippen LogP contribution >= 0.6 is 11.6 Å². The predicted octanol–water partition coefficient (Wildman–Crippen LogP) is 3.38. The van der Waals surface area contributed by atoms with Crippen LogP contribution in [0.1, 0.15) is 5.56 Å². The minimum Gasteiger partial charge on any atom is -0.493 e. The number of amides is 1. The molecule has 1 aliphatic heterocycles. The first-order valence-corrected chi connectivity index (χ1v) is 11.6. The number of benzene rings is 2. The molecule has 1 saturated heterocycles. The van der Waals surface area contributed by atoms with E-state index in [4.69, 9.17) is 21.1 Å². The van der Waals surface area contributed by atoms with Gasteiger partial charge in [-0.25, -0.2) is 14.6 Å². The monoisotopic (exact) mass is 492 g/mol. The molecular formula is C25H25ClN6O3. The van der Waals surface area contributed by atoms with Crippen molar-refractivity contribution in [1.82, 2.24) is 24.6 Å². The number of hydrogen-bond acceptors (Lipinski definition) is 7. The number of anilines is 1. The number of nitrogens with zero attached hydrogens (tertiary/aromatic N) is 6. The Morgan fingerprint density at radius 2 is 1.80 bits per heavy atom. The Hall–Kier alpha value is -3.85. The van der Waals surface area contributed by atoms with Gasteiger partial charge in [-0.1, -0.05) is 23.7 Å². The second-order valence-electron chi connectivity index (χ2n) is 8.20. The summed E-state index contributed by atoms with van der Waals surface area (Å²) >= 11 is 6.16. The lowest BCUT2D eigenvalue weighted by atomic mass is 10.1. The molecule has 2 aromatic carbocycles. The van der Waals surface area contributed by atoms with Crippen molar-refractivity contribution in [3.05, 3.63) is 65.6 Å². The largest absolute Gasteiger partial charge is 0.493 e. The molecule has 0 unspecified atom stereocenters. The van der Waals surface area contributed by atoms with Gasteiger partial charge in [-0.3, -0.25) is 4.79 Å². The summed E-state index contributed by atoms with van der Waals surface area (Å²) in [5.41, 5.74) is 2.44. The van der Waals surface area contributed by atoms with Crippen LogP contribution in [0.2, 0.25) is 5.02 Å². The number of piperazine rings is 1. The average molecular weight is 493 g/mol. The van der Waals surface area contributed by atoms with Crippen LogP contribution in [0, 0.1) is 0 Å². The maximum Gasteiger partial charge on any atom is 0.227 e. The highest BCUT2D eigenvalue weighted by molar-refractivity contribution is 6.30. The van der Waals surface area contributed by atoms with Crippen molar-refractivity contribution in [3.63, 3.8) is 0 Å². The number of carbonyl (C=O) groups is 1. The van der Waals surface area contributed by atoms with Crippen LogP contribution in [-0.4, -0.2) is 71.0 Å². The highest BCUT2D eigenvalue weighted by atomic mass is 35.5. The lowest BCUT2D eigenvalue weighted by molar-refractivity contribution is -0.130. The minimum absolute atomic E-state index is 0.0819. The van der Waals surface area contributed by atoms with E-state index in [2.05, 4.69) is 20.0 Å². The molecule has 0 atom stereocenters. The number of methoxy groups -OCH3 is 2. The summed E-state index contributed by atoms with van der Waals surface area (Å²) in [7, 11) is 3.18. The van der Waals surface area contributed by atoms with Crippen LogP contribution in [0.25, 0.3) is 16.7 Å². The Labute approximate surface area is 207 Å². The smallest absolute Gasteiger partial charge is 0.227 e. The zero-order valence-electron chi connectivity index (χ0n) is 19.5. The van der Waals surface area contributed by atoms with Gasteiger partial charge in [0.05, 0.1) is 37.9 Å². The summed E-state index contributed by atoms with van der Waals surface area (Å²) in [6.07, 6.45) is 3.64. The topological polar surface area (TPSA) is 85.6 Å². The summed E-state index contributed by atoms with van der Waals surface area (Å²) in [5, 5.41) is 6.02. The Balaban J connectivity index is 1.28. The zero-order valence-corrected chi connectivity index (χ0v) is 20.3. The summed E-state index contributed by atoms with van der Waals surface area (Å²) in [5.74, 6) is 2.16. The quantitative estimate of drug-likeness (QED) is 0.408. The predicted molar refractivity (Wildman–Crippen MR) is 134 cm³/mol. The Morgan fingerprint density at radius 3 is 2.54 bits per heavy atom. The van der Waals surface area contributed by atoms with Crippen molar-refractivity contribution >= 4 is 34.4 Å². The second-order valence-corrected chi connectivity index (χ2v) is 8.64. The van der Waals surface area contributed by atoms with Crippen molar-refractivity contribution in [3.8, 4) is 17.2 Å². The molecule has 2 aromatic heterocycles. The number of ether oxygens (including phenoxy) is 2. The molecule has 3 heterocycles. The fraction of sp³-hybridized carbons (Fsp3) is 0.280. The van der Waals surface area contributed by atoms with Gasteiger partial charge in [-0.2, -0.15) is 5.10 Å². The van der Waals surface area contributed by atoms with Gasteiger partial charge in [0, 0.05) is 31.2 Å². The van der Waals surface area contributed by atoms with Gasteiger partial charge in [-0.15, -0.1) is 0 Å². The van der Waals surface area contributed by atoms with Gasteiger partial charge < -0.3 is 19.3 Å². The first kappa shape index (κ1) is 22.9. The van der Waals surface area contributed by atoms with Crippen molar-refractivity contribution < 1.29 is 14.3 Å². The summed E-state index contributed by atoms with van der Waals surface area (Å²) in [6.45, 7) is 2.57. The van der Waals surface area contributed by atoms with E-state index in [1.807, 2.05) is 47.4 Å². The standard InChI is InChI=1S/C25H25ClN6O3/c1-34-21-7-6-17(12-22(21)35-2)13-23(33)30-8-10-31(11-9-30)24-20-15-29-32(25(20)28-16-27-24)19-5-3-4-18(26)14-19/h3-7,12,14-16H,8-11,13H2,1-2H3. The third kappa shape index (κ3) is 4.59. The van der Waals surface area contributed by atoms with E-state index in [0.717, 1.165) is 22.5 Å². The molecule has 0 radical (unpaired) electrons. The molecule has 0 spiro atoms. The molecule has 9 nitrogen and oxygen atoms in total. The number of aromatic nitrogens is 4. The van der Waals surface area contributed by atoms with E-state index < -0.39 is 0 Å². The Morgan fingerprint density at radius 1 is 1.00 bits per heavy atom. The van der Waals surface area contributed by atoms with E-state index in [9.17, 15) is 4.79 Å². The fourth-order valence-electron chi connectivity index (χ4n) is 4.33. The van der Waals surface area contributed by atoms with Gasteiger partial charge in [0.15, 0.2) is 17.1 Å². The van der Waals surface area contributed by atoms with Crippen LogP contribution in [0.5, 0.6) is 11.5 Å². The highest BCUT2D eigenvalue weighted by Gasteiger charge is 2.24. The molecule has 4 aromatic rings. The average Bonchev–Trinajstić information content (AvgIpc) is 3.33. The maximum absolute atomic E-state index is 13.0. The van der Waals surface area contributed by atoms with Gasteiger partial charge in [0.1, 0.15) is 12.1 Å². The summed E-state index contributed by atoms with van der Waals surface area (Å²) in [6, 6.07) is 13.0. The highest BCUT2D eigenvalue weighted by Crippen LogP contribution is 2.29. The maximum atomic E-state index is 13.0. The fourth-order valence-corrected chi connectivity index (χ4v) is 4.51. The normalized spacial score (nSPS) is 13.8. The molecule has 35 heavy (non-hydrogen) atoms. The van der Waals surface area contributed by atoms with E-state index in [1.54, 1.807) is 31.4 Å². The molecular weight excluding hydrogens is 468 g/mol. The Kier molecular flexibility index (Phi) is 6.41. The lowest BCUT2D eigenvalue weighted by Gasteiger charge is -2.35. The molecule has 1 aliphatic rings. The van der Waals surface area contributed by atoms with E-state index >= 15 is 0 Å². The third-order valence-electron chi connectivity index (χ3n) is 6.13. The van der Waals surface area contributed by atoms with Crippen LogP contribution < -0.4 is 14.4 Å². The molecule has 0 bridgehead atoms. The van der Waals surface area contributed by atoms with Crippen molar-refractivity contribution in [1.29, 1.82) is 0 Å².